The van der Waals surface area contributed by atoms with Gasteiger partial charge in [-0.1, -0.05) is 32.9 Å². The van der Waals surface area contributed by atoms with Gasteiger partial charge in [-0.15, -0.1) is 0 Å². The number of benzene rings is 1. The summed E-state index contributed by atoms with van der Waals surface area (Å²) in [5, 5.41) is 3.43. The molecule has 1 aromatic carbocycles. The summed E-state index contributed by atoms with van der Waals surface area (Å²) in [5.74, 6) is 2.82. The molecule has 3 nitrogen and oxygen atoms in total. The van der Waals surface area contributed by atoms with Gasteiger partial charge in [0.1, 0.15) is 12.4 Å². The summed E-state index contributed by atoms with van der Waals surface area (Å²) >= 11 is 0. The molecule has 0 saturated heterocycles. The molecule has 3 heteroatoms. The minimum atomic E-state index is 0.507. The number of nitrogens with one attached hydrogen (secondary N) is 1. The van der Waals surface area contributed by atoms with E-state index < -0.39 is 0 Å². The van der Waals surface area contributed by atoms with E-state index in [2.05, 4.69) is 56.2 Å². The summed E-state index contributed by atoms with van der Waals surface area (Å²) in [6, 6.07) is 8.90. The molecule has 1 aliphatic carbocycles. The molecule has 0 amide bonds. The largest absolute Gasteiger partial charge is 0.492 e. The number of ether oxygens (including phenoxy) is 1. The molecule has 2 rings (SSSR count). The molecule has 1 fully saturated rings. The van der Waals surface area contributed by atoms with Crippen LogP contribution in [0.3, 0.4) is 0 Å². The maximum Gasteiger partial charge on any atom is 0.119 e. The average molecular weight is 290 g/mol. The Morgan fingerprint density at radius 1 is 1.38 bits per heavy atom. The van der Waals surface area contributed by atoms with Gasteiger partial charge < -0.3 is 15.0 Å². The molecule has 1 aromatic rings. The fourth-order valence-electron chi connectivity index (χ4n) is 2.53. The van der Waals surface area contributed by atoms with Crippen LogP contribution in [-0.4, -0.2) is 37.7 Å². The van der Waals surface area contributed by atoms with Gasteiger partial charge in [0, 0.05) is 25.7 Å². The highest BCUT2D eigenvalue weighted by molar-refractivity contribution is 5.28. The van der Waals surface area contributed by atoms with Gasteiger partial charge in [-0.3, -0.25) is 0 Å². The number of nitrogens with zero attached hydrogens (tertiary/aromatic N) is 1. The van der Waals surface area contributed by atoms with Gasteiger partial charge in [0.25, 0.3) is 0 Å². The van der Waals surface area contributed by atoms with E-state index in [1.54, 1.807) is 0 Å². The molecule has 118 valence electrons. The Morgan fingerprint density at radius 2 is 2.14 bits per heavy atom. The fourth-order valence-corrected chi connectivity index (χ4v) is 2.53. The Kier molecular flexibility index (Phi) is 6.07. The lowest BCUT2D eigenvalue weighted by Gasteiger charge is -2.17. The summed E-state index contributed by atoms with van der Waals surface area (Å²) in [7, 11) is 2.19. The summed E-state index contributed by atoms with van der Waals surface area (Å²) in [6.07, 6.45) is 1.40. The molecular formula is C18H30N2O. The van der Waals surface area contributed by atoms with Crippen molar-refractivity contribution in [1.29, 1.82) is 0 Å². The van der Waals surface area contributed by atoms with Crippen LogP contribution in [0.4, 0.5) is 0 Å². The third-order valence-electron chi connectivity index (χ3n) is 4.18. The molecule has 0 aliphatic heterocycles. The van der Waals surface area contributed by atoms with Crippen LogP contribution < -0.4 is 10.1 Å². The van der Waals surface area contributed by atoms with E-state index in [-0.39, 0.29) is 0 Å². The van der Waals surface area contributed by atoms with Crippen LogP contribution in [0.2, 0.25) is 0 Å². The summed E-state index contributed by atoms with van der Waals surface area (Å²) in [5.41, 5.74) is 1.28. The Labute approximate surface area is 129 Å². The summed E-state index contributed by atoms with van der Waals surface area (Å²) in [6.45, 7) is 10.5. The quantitative estimate of drug-likeness (QED) is 0.756. The third kappa shape index (κ3) is 6.06. The molecule has 2 unspecified atom stereocenters. The molecule has 0 heterocycles. The lowest BCUT2D eigenvalue weighted by molar-refractivity contribution is 0.230. The van der Waals surface area contributed by atoms with E-state index in [1.807, 2.05) is 6.07 Å². The normalized spacial score (nSPS) is 21.0. The number of hydrogen-bond acceptors (Lipinski definition) is 3. The van der Waals surface area contributed by atoms with Gasteiger partial charge in [0.05, 0.1) is 0 Å². The number of rotatable bonds is 9. The Balaban J connectivity index is 1.68. The van der Waals surface area contributed by atoms with Crippen molar-refractivity contribution in [2.24, 2.45) is 11.8 Å². The van der Waals surface area contributed by atoms with Gasteiger partial charge in [-0.25, -0.2) is 0 Å². The predicted molar refractivity (Wildman–Crippen MR) is 88.7 cm³/mol. The smallest absolute Gasteiger partial charge is 0.119 e. The van der Waals surface area contributed by atoms with Crippen molar-refractivity contribution in [3.8, 4) is 5.75 Å². The molecular weight excluding hydrogens is 260 g/mol. The zero-order valence-electron chi connectivity index (χ0n) is 13.9. The molecule has 0 radical (unpaired) electrons. The zero-order chi connectivity index (χ0) is 15.2. The first-order valence-corrected chi connectivity index (χ1v) is 8.18. The van der Waals surface area contributed by atoms with E-state index in [9.17, 15) is 0 Å². The molecule has 2 atom stereocenters. The highest BCUT2D eigenvalue weighted by atomic mass is 16.5. The topological polar surface area (TPSA) is 24.5 Å². The van der Waals surface area contributed by atoms with Crippen LogP contribution in [0.5, 0.6) is 5.75 Å². The maximum atomic E-state index is 5.88. The van der Waals surface area contributed by atoms with Crippen molar-refractivity contribution in [3.63, 3.8) is 0 Å². The van der Waals surface area contributed by atoms with Gasteiger partial charge in [-0.2, -0.15) is 0 Å². The molecule has 1 aliphatic rings. The molecule has 21 heavy (non-hydrogen) atoms. The minimum absolute atomic E-state index is 0.507. The first-order valence-electron chi connectivity index (χ1n) is 8.18. The first kappa shape index (κ1) is 16.3. The standard InChI is InChI=1S/C18H30N2O/c1-14(2)19-12-16-6-5-7-18(11-16)21-9-8-20(4)13-17-10-15(17)3/h5-7,11,14-15,17,19H,8-10,12-13H2,1-4H3. The van der Waals surface area contributed by atoms with Crippen LogP contribution in [0.1, 0.15) is 32.8 Å². The second-order valence-corrected chi connectivity index (χ2v) is 6.77. The van der Waals surface area contributed by atoms with Gasteiger partial charge in [0.15, 0.2) is 0 Å². The molecule has 1 saturated carbocycles. The van der Waals surface area contributed by atoms with Crippen LogP contribution in [-0.2, 0) is 6.54 Å². The Bertz CT molecular complexity index is 433. The number of likely N-dealkylation sites (N-methyl/N-ethyl adjacent to an activating group) is 1. The lowest BCUT2D eigenvalue weighted by Crippen LogP contribution is -2.26. The maximum absolute atomic E-state index is 5.88. The predicted octanol–water partition coefficient (Wildman–Crippen LogP) is 3.15. The minimum Gasteiger partial charge on any atom is -0.492 e. The van der Waals surface area contributed by atoms with Crippen molar-refractivity contribution in [2.75, 3.05) is 26.7 Å². The van der Waals surface area contributed by atoms with Crippen molar-refractivity contribution in [3.05, 3.63) is 29.8 Å². The van der Waals surface area contributed by atoms with E-state index >= 15 is 0 Å². The van der Waals surface area contributed by atoms with E-state index in [1.165, 1.54) is 18.5 Å². The second-order valence-electron chi connectivity index (χ2n) is 6.77. The lowest BCUT2D eigenvalue weighted by atomic mass is 10.2. The summed E-state index contributed by atoms with van der Waals surface area (Å²) < 4.78 is 5.88. The van der Waals surface area contributed by atoms with Crippen molar-refractivity contribution in [1.82, 2.24) is 10.2 Å². The Hall–Kier alpha value is -1.06. The highest BCUT2D eigenvalue weighted by Crippen LogP contribution is 2.37. The van der Waals surface area contributed by atoms with E-state index in [0.717, 1.165) is 37.3 Å². The van der Waals surface area contributed by atoms with Gasteiger partial charge in [-0.05, 0) is 43.0 Å². The van der Waals surface area contributed by atoms with Crippen LogP contribution in [0, 0.1) is 11.8 Å². The third-order valence-corrected chi connectivity index (χ3v) is 4.18. The average Bonchev–Trinajstić information content (AvgIpc) is 3.12. The van der Waals surface area contributed by atoms with Crippen molar-refractivity contribution >= 4 is 0 Å². The fraction of sp³-hybridized carbons (Fsp3) is 0.667. The van der Waals surface area contributed by atoms with E-state index in [4.69, 9.17) is 4.74 Å². The molecule has 0 aromatic heterocycles. The molecule has 1 N–H and O–H groups in total. The van der Waals surface area contributed by atoms with E-state index in [0.29, 0.717) is 6.04 Å². The second kappa shape index (κ2) is 7.81. The molecule has 0 spiro atoms. The van der Waals surface area contributed by atoms with Gasteiger partial charge in [0.2, 0.25) is 0 Å². The van der Waals surface area contributed by atoms with Gasteiger partial charge >= 0.3 is 0 Å². The molecule has 0 bridgehead atoms. The summed E-state index contributed by atoms with van der Waals surface area (Å²) in [4.78, 5) is 2.39. The Morgan fingerprint density at radius 3 is 2.81 bits per heavy atom. The monoisotopic (exact) mass is 290 g/mol. The zero-order valence-corrected chi connectivity index (χ0v) is 13.9. The van der Waals surface area contributed by atoms with Crippen LogP contribution in [0.15, 0.2) is 24.3 Å². The van der Waals surface area contributed by atoms with Crippen molar-refractivity contribution < 1.29 is 4.74 Å². The van der Waals surface area contributed by atoms with Crippen LogP contribution >= 0.6 is 0 Å². The van der Waals surface area contributed by atoms with Crippen LogP contribution in [0.25, 0.3) is 0 Å². The highest BCUT2D eigenvalue weighted by Gasteiger charge is 2.32. The van der Waals surface area contributed by atoms with Crippen molar-refractivity contribution in [2.45, 2.75) is 39.8 Å². The number of hydrogen-bond donors (Lipinski definition) is 1. The first-order chi connectivity index (χ1) is 10.0. The SMILES string of the molecule is CC(C)NCc1cccc(OCCN(C)CC2CC2C)c1.